The smallest absolute Gasteiger partial charge is 0.214 e. The van der Waals surface area contributed by atoms with Crippen molar-refractivity contribution in [3.63, 3.8) is 0 Å². The summed E-state index contributed by atoms with van der Waals surface area (Å²) in [5.74, 6) is 0.233. The van der Waals surface area contributed by atoms with Crippen LogP contribution in [0.3, 0.4) is 0 Å². The van der Waals surface area contributed by atoms with Crippen LogP contribution < -0.4 is 0 Å². The van der Waals surface area contributed by atoms with Gasteiger partial charge in [0.2, 0.25) is 10.0 Å². The second kappa shape index (κ2) is 5.44. The van der Waals surface area contributed by atoms with Gasteiger partial charge in [0.15, 0.2) is 0 Å². The molecule has 0 saturated carbocycles. The van der Waals surface area contributed by atoms with Gasteiger partial charge in [0, 0.05) is 11.9 Å². The average Bonchev–Trinajstić information content (AvgIpc) is 2.18. The van der Waals surface area contributed by atoms with Crippen LogP contribution in [0.15, 0.2) is 0 Å². The van der Waals surface area contributed by atoms with Gasteiger partial charge in [-0.2, -0.15) is 4.31 Å². The first-order chi connectivity index (χ1) is 6.61. The summed E-state index contributed by atoms with van der Waals surface area (Å²) in [6, 6.07) is -0.0414. The molecule has 0 N–H and O–H groups in total. The number of hydrogen-bond donors (Lipinski definition) is 0. The zero-order valence-corrected chi connectivity index (χ0v) is 10.7. The van der Waals surface area contributed by atoms with Crippen molar-refractivity contribution in [1.29, 1.82) is 0 Å². The monoisotopic (exact) mass is 285 g/mol. The van der Waals surface area contributed by atoms with Gasteiger partial charge in [0.05, 0.1) is 25.0 Å². The molecule has 0 amide bonds. The molecule has 0 aromatic heterocycles. The molecule has 0 radical (unpaired) electrons. The van der Waals surface area contributed by atoms with Gasteiger partial charge in [0.1, 0.15) is 0 Å². The number of morpholine rings is 1. The van der Waals surface area contributed by atoms with E-state index in [0.717, 1.165) is 0 Å². The molecule has 0 spiro atoms. The second-order valence-corrected chi connectivity index (χ2v) is 6.00. The van der Waals surface area contributed by atoms with Crippen molar-refractivity contribution >= 4 is 26.0 Å². The van der Waals surface area contributed by atoms with Crippen LogP contribution in [0.2, 0.25) is 0 Å². The number of nitrogens with zero attached hydrogens (tertiary/aromatic N) is 1. The highest BCUT2D eigenvalue weighted by molar-refractivity contribution is 9.09. The van der Waals surface area contributed by atoms with Crippen molar-refractivity contribution in [3.8, 4) is 0 Å². The summed E-state index contributed by atoms with van der Waals surface area (Å²) >= 11 is 3.31. The molecular formula is C8H16BrNO3S. The molecule has 1 unspecified atom stereocenters. The molecule has 1 aliphatic heterocycles. The van der Waals surface area contributed by atoms with Gasteiger partial charge in [0.25, 0.3) is 0 Å². The Bertz CT molecular complexity index is 268. The molecule has 0 bridgehead atoms. The van der Waals surface area contributed by atoms with Crippen LogP contribution in [-0.2, 0) is 14.8 Å². The van der Waals surface area contributed by atoms with Crippen molar-refractivity contribution in [2.75, 3.05) is 30.8 Å². The van der Waals surface area contributed by atoms with Crippen LogP contribution in [0.4, 0.5) is 0 Å². The minimum absolute atomic E-state index is 0.0414. The number of ether oxygens (including phenoxy) is 1. The molecule has 1 saturated heterocycles. The highest BCUT2D eigenvalue weighted by Crippen LogP contribution is 2.15. The van der Waals surface area contributed by atoms with Gasteiger partial charge < -0.3 is 4.74 Å². The summed E-state index contributed by atoms with van der Waals surface area (Å²) in [5.41, 5.74) is 0. The molecule has 0 aromatic carbocycles. The Morgan fingerprint density at radius 1 is 1.57 bits per heavy atom. The molecule has 0 aliphatic carbocycles. The van der Waals surface area contributed by atoms with Gasteiger partial charge in [-0.15, -0.1) is 0 Å². The average molecular weight is 286 g/mol. The van der Waals surface area contributed by atoms with Crippen LogP contribution in [0, 0.1) is 0 Å². The topological polar surface area (TPSA) is 46.6 Å². The van der Waals surface area contributed by atoms with Crippen LogP contribution in [0.5, 0.6) is 0 Å². The Morgan fingerprint density at radius 2 is 2.29 bits per heavy atom. The van der Waals surface area contributed by atoms with E-state index >= 15 is 0 Å². The number of rotatable bonds is 4. The number of sulfonamides is 1. The molecule has 6 heteroatoms. The summed E-state index contributed by atoms with van der Waals surface area (Å²) < 4.78 is 30.4. The second-order valence-electron chi connectivity index (χ2n) is 3.31. The van der Waals surface area contributed by atoms with Crippen LogP contribution in [-0.4, -0.2) is 49.6 Å². The van der Waals surface area contributed by atoms with Crippen molar-refractivity contribution < 1.29 is 13.2 Å². The molecule has 84 valence electrons. The lowest BCUT2D eigenvalue weighted by atomic mass is 10.3. The van der Waals surface area contributed by atoms with Gasteiger partial charge in [-0.3, -0.25) is 0 Å². The van der Waals surface area contributed by atoms with Crippen molar-refractivity contribution in [1.82, 2.24) is 4.31 Å². The van der Waals surface area contributed by atoms with E-state index in [0.29, 0.717) is 31.5 Å². The minimum atomic E-state index is -3.07. The molecule has 1 atom stereocenters. The largest absolute Gasteiger partial charge is 0.378 e. The fourth-order valence-corrected chi connectivity index (χ4v) is 3.92. The summed E-state index contributed by atoms with van der Waals surface area (Å²) in [4.78, 5) is 0. The quantitative estimate of drug-likeness (QED) is 0.719. The zero-order valence-electron chi connectivity index (χ0n) is 8.28. The van der Waals surface area contributed by atoms with E-state index in [-0.39, 0.29) is 11.8 Å². The van der Waals surface area contributed by atoms with Gasteiger partial charge in [-0.05, 0) is 6.42 Å². The lowest BCUT2D eigenvalue weighted by molar-refractivity contribution is 0.0413. The third kappa shape index (κ3) is 2.92. The Hall–Kier alpha value is 0.350. The van der Waals surface area contributed by atoms with Crippen LogP contribution in [0.25, 0.3) is 0 Å². The molecule has 1 fully saturated rings. The van der Waals surface area contributed by atoms with E-state index in [1.807, 2.05) is 6.92 Å². The summed E-state index contributed by atoms with van der Waals surface area (Å²) in [5, 5.41) is 0.635. The maximum atomic E-state index is 11.8. The molecule has 1 heterocycles. The van der Waals surface area contributed by atoms with E-state index in [9.17, 15) is 8.42 Å². The third-order valence-electron chi connectivity index (χ3n) is 2.17. The SMILES string of the molecule is CCCS(=O)(=O)N1CCOCC1CBr. The summed E-state index contributed by atoms with van der Waals surface area (Å²) in [6.45, 7) is 3.36. The molecule has 4 nitrogen and oxygen atoms in total. The van der Waals surface area contributed by atoms with Crippen LogP contribution in [0.1, 0.15) is 13.3 Å². The third-order valence-corrected chi connectivity index (χ3v) is 5.04. The maximum Gasteiger partial charge on any atom is 0.214 e. The van der Waals surface area contributed by atoms with Gasteiger partial charge in [-0.25, -0.2) is 8.42 Å². The lowest BCUT2D eigenvalue weighted by Gasteiger charge is -2.33. The van der Waals surface area contributed by atoms with E-state index in [1.165, 1.54) is 0 Å². The first kappa shape index (κ1) is 12.4. The first-order valence-electron chi connectivity index (χ1n) is 4.75. The number of alkyl halides is 1. The molecule has 1 rings (SSSR count). The van der Waals surface area contributed by atoms with E-state index in [2.05, 4.69) is 15.9 Å². The highest BCUT2D eigenvalue weighted by atomic mass is 79.9. The standard InChI is InChI=1S/C8H16BrNO3S/c1-2-5-14(11,12)10-3-4-13-7-8(10)6-9/h8H,2-7H2,1H3. The van der Waals surface area contributed by atoms with Crippen molar-refractivity contribution in [2.45, 2.75) is 19.4 Å². The molecular weight excluding hydrogens is 270 g/mol. The molecule has 14 heavy (non-hydrogen) atoms. The number of hydrogen-bond acceptors (Lipinski definition) is 3. The van der Waals surface area contributed by atoms with E-state index in [1.54, 1.807) is 4.31 Å². The molecule has 0 aromatic rings. The van der Waals surface area contributed by atoms with Crippen molar-refractivity contribution in [2.24, 2.45) is 0 Å². The lowest BCUT2D eigenvalue weighted by Crippen LogP contribution is -2.50. The van der Waals surface area contributed by atoms with Crippen molar-refractivity contribution in [3.05, 3.63) is 0 Å². The van der Waals surface area contributed by atoms with Gasteiger partial charge >= 0.3 is 0 Å². The number of halogens is 1. The zero-order chi connectivity index (χ0) is 10.6. The normalized spacial score (nSPS) is 25.1. The van der Waals surface area contributed by atoms with E-state index in [4.69, 9.17) is 4.74 Å². The van der Waals surface area contributed by atoms with E-state index < -0.39 is 10.0 Å². The minimum Gasteiger partial charge on any atom is -0.378 e. The summed E-state index contributed by atoms with van der Waals surface area (Å²) in [6.07, 6.45) is 0.661. The van der Waals surface area contributed by atoms with Gasteiger partial charge in [-0.1, -0.05) is 22.9 Å². The Morgan fingerprint density at radius 3 is 2.86 bits per heavy atom. The predicted molar refractivity (Wildman–Crippen MR) is 59.2 cm³/mol. The van der Waals surface area contributed by atoms with Crippen LogP contribution >= 0.6 is 15.9 Å². The fourth-order valence-electron chi connectivity index (χ4n) is 1.50. The first-order valence-corrected chi connectivity index (χ1v) is 7.48. The Kier molecular flexibility index (Phi) is 4.82. The summed E-state index contributed by atoms with van der Waals surface area (Å²) in [7, 11) is -3.07. The fraction of sp³-hybridized carbons (Fsp3) is 1.00. The Labute approximate surface area is 93.8 Å². The Balaban J connectivity index is 2.72. The highest BCUT2D eigenvalue weighted by Gasteiger charge is 2.31. The maximum absolute atomic E-state index is 11.8. The predicted octanol–water partition coefficient (Wildman–Crippen LogP) is 0.822. The molecule has 1 aliphatic rings.